The van der Waals surface area contributed by atoms with Crippen LogP contribution in [0.3, 0.4) is 0 Å². The number of hydrogen-bond acceptors (Lipinski definition) is 3. The molecule has 7 heavy (non-hydrogen) atoms. The van der Waals surface area contributed by atoms with Crippen molar-refractivity contribution < 1.29 is 0 Å². The minimum atomic E-state index is 0.683. The van der Waals surface area contributed by atoms with Crippen molar-refractivity contribution in [3.8, 4) is 0 Å². The van der Waals surface area contributed by atoms with Gasteiger partial charge in [-0.2, -0.15) is 5.11 Å². The van der Waals surface area contributed by atoms with Crippen molar-refractivity contribution in [1.29, 1.82) is 5.53 Å². The predicted octanol–water partition coefficient (Wildman–Crippen LogP) is 1.10. The molecule has 0 rings (SSSR count). The van der Waals surface area contributed by atoms with E-state index in [9.17, 15) is 0 Å². The number of hydrogen-bond donors (Lipinski definition) is 2. The van der Waals surface area contributed by atoms with Crippen LogP contribution in [0.2, 0.25) is 0 Å². The third kappa shape index (κ3) is 2.96. The average molecular weight is 99.1 g/mol. The maximum atomic E-state index is 6.43. The Bertz CT molecular complexity index is 84.9. The maximum Gasteiger partial charge on any atom is 0.0748 e. The third-order valence-electron chi connectivity index (χ3n) is 0.530. The van der Waals surface area contributed by atoms with Crippen LogP contribution in [0.25, 0.3) is 0 Å². The average Bonchev–Trinajstić information content (AvgIpc) is 1.68. The lowest BCUT2D eigenvalue weighted by atomic mass is 10.6. The van der Waals surface area contributed by atoms with Gasteiger partial charge in [-0.15, -0.1) is 0 Å². The first-order valence-electron chi connectivity index (χ1n) is 2.02. The second kappa shape index (κ2) is 3.33. The Kier molecular flexibility index (Phi) is 2.92. The van der Waals surface area contributed by atoms with Crippen molar-refractivity contribution in [3.63, 3.8) is 0 Å². The van der Waals surface area contributed by atoms with Gasteiger partial charge in [0.25, 0.3) is 0 Å². The second-order valence-corrected chi connectivity index (χ2v) is 1.19. The molecule has 3 nitrogen and oxygen atoms in total. The molecule has 0 bridgehead atoms. The highest BCUT2D eigenvalue weighted by atomic mass is 15.0. The van der Waals surface area contributed by atoms with E-state index in [4.69, 9.17) is 5.53 Å². The SMILES string of the molecule is CN/C=C(/C)N=N. The molecule has 2 N–H and O–H groups in total. The molecule has 0 amide bonds. The number of nitrogens with one attached hydrogen (secondary N) is 2. The highest BCUT2D eigenvalue weighted by Crippen LogP contribution is 1.86. The summed E-state index contributed by atoms with van der Waals surface area (Å²) in [5, 5.41) is 5.87. The first kappa shape index (κ1) is 6.14. The maximum absolute atomic E-state index is 6.43. The van der Waals surface area contributed by atoms with E-state index < -0.39 is 0 Å². The molecule has 0 unspecified atom stereocenters. The molecule has 0 aromatic rings. The molecule has 0 aliphatic rings. The summed E-state index contributed by atoms with van der Waals surface area (Å²) in [4.78, 5) is 0. The molecule has 0 saturated heterocycles. The molecule has 0 fully saturated rings. The Morgan fingerprint density at radius 3 is 2.57 bits per heavy atom. The smallest absolute Gasteiger partial charge is 0.0748 e. The van der Waals surface area contributed by atoms with E-state index in [0.29, 0.717) is 5.70 Å². The van der Waals surface area contributed by atoms with Gasteiger partial charge in [0.15, 0.2) is 0 Å². The Hall–Kier alpha value is -0.860. The molecule has 0 radical (unpaired) electrons. The van der Waals surface area contributed by atoms with Gasteiger partial charge in [0, 0.05) is 13.2 Å². The first-order chi connectivity index (χ1) is 3.31. The highest BCUT2D eigenvalue weighted by molar-refractivity contribution is 4.90. The van der Waals surface area contributed by atoms with Gasteiger partial charge in [0.05, 0.1) is 5.70 Å². The monoisotopic (exact) mass is 99.1 g/mol. The minimum absolute atomic E-state index is 0.683. The van der Waals surface area contributed by atoms with Crippen molar-refractivity contribution in [2.24, 2.45) is 5.11 Å². The molecular formula is C4H9N3. The van der Waals surface area contributed by atoms with Gasteiger partial charge >= 0.3 is 0 Å². The first-order valence-corrected chi connectivity index (χ1v) is 2.02. The van der Waals surface area contributed by atoms with Gasteiger partial charge in [-0.1, -0.05) is 0 Å². The van der Waals surface area contributed by atoms with Crippen molar-refractivity contribution in [2.45, 2.75) is 6.92 Å². The van der Waals surface area contributed by atoms with Gasteiger partial charge in [0.2, 0.25) is 0 Å². The van der Waals surface area contributed by atoms with Crippen LogP contribution in [0.4, 0.5) is 0 Å². The molecule has 0 aliphatic carbocycles. The molecule has 0 spiro atoms. The van der Waals surface area contributed by atoms with Crippen molar-refractivity contribution in [2.75, 3.05) is 7.05 Å². The van der Waals surface area contributed by atoms with E-state index in [2.05, 4.69) is 10.4 Å². The zero-order valence-corrected chi connectivity index (χ0v) is 4.52. The van der Waals surface area contributed by atoms with Crippen LogP contribution in [0, 0.1) is 5.53 Å². The lowest BCUT2D eigenvalue weighted by Crippen LogP contribution is -1.92. The van der Waals surface area contributed by atoms with Gasteiger partial charge in [-0.05, 0) is 6.92 Å². The van der Waals surface area contributed by atoms with E-state index in [-0.39, 0.29) is 0 Å². The molecule has 0 aliphatic heterocycles. The van der Waals surface area contributed by atoms with Crippen molar-refractivity contribution in [1.82, 2.24) is 5.32 Å². The van der Waals surface area contributed by atoms with Crippen LogP contribution in [-0.2, 0) is 0 Å². The largest absolute Gasteiger partial charge is 0.392 e. The van der Waals surface area contributed by atoms with E-state index in [1.165, 1.54) is 0 Å². The van der Waals surface area contributed by atoms with E-state index >= 15 is 0 Å². The summed E-state index contributed by atoms with van der Waals surface area (Å²) < 4.78 is 0. The fourth-order valence-corrected chi connectivity index (χ4v) is 0.241. The molecule has 3 heteroatoms. The second-order valence-electron chi connectivity index (χ2n) is 1.19. The van der Waals surface area contributed by atoms with Crippen LogP contribution in [0.5, 0.6) is 0 Å². The van der Waals surface area contributed by atoms with E-state index in [0.717, 1.165) is 0 Å². The summed E-state index contributed by atoms with van der Waals surface area (Å²) in [5.74, 6) is 0. The van der Waals surface area contributed by atoms with Crippen LogP contribution in [0.15, 0.2) is 17.0 Å². The normalized spacial score (nSPS) is 10.9. The van der Waals surface area contributed by atoms with Crippen LogP contribution >= 0.6 is 0 Å². The molecule has 0 aromatic carbocycles. The summed E-state index contributed by atoms with van der Waals surface area (Å²) in [5.41, 5.74) is 7.11. The zero-order chi connectivity index (χ0) is 5.70. The number of allylic oxidation sites excluding steroid dienone is 1. The Labute approximate surface area is 42.9 Å². The van der Waals surface area contributed by atoms with Gasteiger partial charge in [0.1, 0.15) is 0 Å². The summed E-state index contributed by atoms with van der Waals surface area (Å²) in [6.45, 7) is 1.75. The fourth-order valence-electron chi connectivity index (χ4n) is 0.241. The van der Waals surface area contributed by atoms with Gasteiger partial charge < -0.3 is 5.32 Å². The van der Waals surface area contributed by atoms with Crippen LogP contribution in [-0.4, -0.2) is 7.05 Å². The molecule has 0 atom stereocenters. The van der Waals surface area contributed by atoms with Crippen molar-refractivity contribution in [3.05, 3.63) is 11.9 Å². The fraction of sp³-hybridized carbons (Fsp3) is 0.500. The molecule has 0 saturated carbocycles. The lowest BCUT2D eigenvalue weighted by Gasteiger charge is -1.85. The van der Waals surface area contributed by atoms with Gasteiger partial charge in [-0.25, -0.2) is 5.53 Å². The Morgan fingerprint density at radius 1 is 1.86 bits per heavy atom. The summed E-state index contributed by atoms with van der Waals surface area (Å²) in [6.07, 6.45) is 1.66. The zero-order valence-electron chi connectivity index (χ0n) is 4.52. The summed E-state index contributed by atoms with van der Waals surface area (Å²) in [6, 6.07) is 0. The lowest BCUT2D eigenvalue weighted by molar-refractivity contribution is 0.995. The number of rotatable bonds is 2. The standard InChI is InChI=1S/C4H9N3/c1-4(7-5)3-6-2/h3,5-6H,1-2H3/b4-3-,7-5?. The summed E-state index contributed by atoms with van der Waals surface area (Å²) >= 11 is 0. The molecule has 0 heterocycles. The third-order valence-corrected chi connectivity index (χ3v) is 0.530. The Morgan fingerprint density at radius 2 is 2.43 bits per heavy atom. The topological polar surface area (TPSA) is 48.2 Å². The molecule has 0 aromatic heterocycles. The van der Waals surface area contributed by atoms with Crippen molar-refractivity contribution >= 4 is 0 Å². The molecule has 40 valence electrons. The quantitative estimate of drug-likeness (QED) is 0.500. The minimum Gasteiger partial charge on any atom is -0.392 e. The number of nitrogens with zero attached hydrogens (tertiary/aromatic N) is 1. The Balaban J connectivity index is 3.49. The van der Waals surface area contributed by atoms with E-state index in [1.807, 2.05) is 0 Å². The highest BCUT2D eigenvalue weighted by Gasteiger charge is 1.73. The summed E-state index contributed by atoms with van der Waals surface area (Å²) in [7, 11) is 1.77. The van der Waals surface area contributed by atoms with Crippen LogP contribution in [0.1, 0.15) is 6.92 Å². The van der Waals surface area contributed by atoms with E-state index in [1.54, 1.807) is 20.2 Å². The van der Waals surface area contributed by atoms with Gasteiger partial charge in [-0.3, -0.25) is 0 Å². The predicted molar refractivity (Wildman–Crippen MR) is 28.0 cm³/mol. The molecular weight excluding hydrogens is 90.1 g/mol. The van der Waals surface area contributed by atoms with Crippen LogP contribution < -0.4 is 5.32 Å².